The molecule has 0 atom stereocenters. The van der Waals surface area contributed by atoms with Crippen molar-refractivity contribution in [1.82, 2.24) is 10.6 Å². The van der Waals surface area contributed by atoms with Gasteiger partial charge in [0, 0.05) is 10.0 Å². The molecule has 6 nitrogen and oxygen atoms in total. The van der Waals surface area contributed by atoms with Crippen molar-refractivity contribution in [3.05, 3.63) is 63.6 Å². The van der Waals surface area contributed by atoms with E-state index in [-0.39, 0.29) is 10.7 Å². The lowest BCUT2D eigenvalue weighted by molar-refractivity contribution is -0.123. The van der Waals surface area contributed by atoms with Gasteiger partial charge < -0.3 is 9.47 Å². The maximum absolute atomic E-state index is 12.0. The van der Waals surface area contributed by atoms with Crippen LogP contribution in [-0.4, -0.2) is 23.5 Å². The maximum atomic E-state index is 12.0. The van der Waals surface area contributed by atoms with Crippen molar-refractivity contribution in [1.29, 1.82) is 0 Å². The summed E-state index contributed by atoms with van der Waals surface area (Å²) in [5, 5.41) is 4.81. The summed E-state index contributed by atoms with van der Waals surface area (Å²) in [6.07, 6.45) is 1.48. The van der Waals surface area contributed by atoms with Gasteiger partial charge in [-0.25, -0.2) is 0 Å². The van der Waals surface area contributed by atoms with Crippen LogP contribution in [0.15, 0.2) is 52.5 Å². The van der Waals surface area contributed by atoms with E-state index in [0.29, 0.717) is 30.3 Å². The van der Waals surface area contributed by atoms with Crippen LogP contribution >= 0.6 is 28.1 Å². The van der Waals surface area contributed by atoms with E-state index in [0.717, 1.165) is 10.0 Å². The lowest BCUT2D eigenvalue weighted by Crippen LogP contribution is -2.51. The van der Waals surface area contributed by atoms with Crippen molar-refractivity contribution in [2.75, 3.05) is 6.61 Å². The number of carbonyl (C=O) groups is 2. The van der Waals surface area contributed by atoms with Crippen molar-refractivity contribution in [2.45, 2.75) is 13.5 Å². The third kappa shape index (κ3) is 4.76. The van der Waals surface area contributed by atoms with Crippen LogP contribution in [0.1, 0.15) is 18.1 Å². The monoisotopic (exact) mass is 460 g/mol. The van der Waals surface area contributed by atoms with Crippen LogP contribution in [-0.2, 0) is 16.2 Å². The van der Waals surface area contributed by atoms with Gasteiger partial charge in [-0.05, 0) is 49.0 Å². The zero-order valence-corrected chi connectivity index (χ0v) is 17.4. The van der Waals surface area contributed by atoms with Crippen LogP contribution in [0.25, 0.3) is 6.08 Å². The molecule has 1 fully saturated rings. The Morgan fingerprint density at radius 3 is 2.43 bits per heavy atom. The highest BCUT2D eigenvalue weighted by Crippen LogP contribution is 2.31. The number of ether oxygens (including phenoxy) is 2. The Kier molecular flexibility index (Phi) is 6.43. The van der Waals surface area contributed by atoms with Gasteiger partial charge >= 0.3 is 0 Å². The number of hydrogen-bond donors (Lipinski definition) is 2. The molecule has 2 N–H and O–H groups in total. The van der Waals surface area contributed by atoms with Crippen molar-refractivity contribution in [3.63, 3.8) is 0 Å². The fourth-order valence-electron chi connectivity index (χ4n) is 2.55. The second-order valence-electron chi connectivity index (χ2n) is 5.81. The van der Waals surface area contributed by atoms with Crippen LogP contribution in [0.3, 0.4) is 0 Å². The molecule has 0 spiro atoms. The molecule has 0 aliphatic carbocycles. The SMILES string of the molecule is CCOc1cc(C=C2C(=O)NC(=S)NC2=O)ccc1OCc1ccccc1Br. The molecule has 8 heteroatoms. The van der Waals surface area contributed by atoms with Gasteiger partial charge in [0.15, 0.2) is 16.6 Å². The highest BCUT2D eigenvalue weighted by Gasteiger charge is 2.25. The molecule has 1 aliphatic heterocycles. The predicted octanol–water partition coefficient (Wildman–Crippen LogP) is 3.34. The fraction of sp³-hybridized carbons (Fsp3) is 0.150. The summed E-state index contributed by atoms with van der Waals surface area (Å²) in [6, 6.07) is 13.0. The van der Waals surface area contributed by atoms with Crippen molar-refractivity contribution < 1.29 is 19.1 Å². The van der Waals surface area contributed by atoms with Gasteiger partial charge in [-0.15, -0.1) is 0 Å². The zero-order chi connectivity index (χ0) is 20.1. The first-order chi connectivity index (χ1) is 13.5. The molecule has 0 saturated carbocycles. The minimum atomic E-state index is -0.541. The second-order valence-corrected chi connectivity index (χ2v) is 7.08. The predicted molar refractivity (Wildman–Crippen MR) is 113 cm³/mol. The summed E-state index contributed by atoms with van der Waals surface area (Å²) < 4.78 is 12.5. The van der Waals surface area contributed by atoms with Crippen LogP contribution in [0.4, 0.5) is 0 Å². The van der Waals surface area contributed by atoms with E-state index in [4.69, 9.17) is 21.7 Å². The van der Waals surface area contributed by atoms with Gasteiger partial charge in [0.1, 0.15) is 12.2 Å². The summed E-state index contributed by atoms with van der Waals surface area (Å²) in [6.45, 7) is 2.68. The molecule has 0 unspecified atom stereocenters. The zero-order valence-electron chi connectivity index (χ0n) is 15.0. The van der Waals surface area contributed by atoms with Crippen molar-refractivity contribution >= 4 is 51.2 Å². The lowest BCUT2D eigenvalue weighted by Gasteiger charge is -2.17. The summed E-state index contributed by atoms with van der Waals surface area (Å²) in [7, 11) is 0. The Bertz CT molecular complexity index is 952. The smallest absolute Gasteiger partial charge is 0.263 e. The quantitative estimate of drug-likeness (QED) is 0.392. The molecule has 2 amide bonds. The minimum Gasteiger partial charge on any atom is -0.490 e. The molecule has 0 radical (unpaired) electrons. The van der Waals surface area contributed by atoms with Gasteiger partial charge in [0.2, 0.25) is 0 Å². The Morgan fingerprint density at radius 1 is 1.04 bits per heavy atom. The Morgan fingerprint density at radius 2 is 1.75 bits per heavy atom. The number of hydrogen-bond acceptors (Lipinski definition) is 5. The van der Waals surface area contributed by atoms with Gasteiger partial charge in [-0.1, -0.05) is 40.2 Å². The summed E-state index contributed by atoms with van der Waals surface area (Å²) in [5.74, 6) is 0.0106. The molecule has 1 saturated heterocycles. The topological polar surface area (TPSA) is 76.7 Å². The first-order valence-electron chi connectivity index (χ1n) is 8.49. The van der Waals surface area contributed by atoms with Gasteiger partial charge in [0.05, 0.1) is 6.61 Å². The van der Waals surface area contributed by atoms with Crippen molar-refractivity contribution in [3.8, 4) is 11.5 Å². The van der Waals surface area contributed by atoms with Crippen LogP contribution in [0, 0.1) is 0 Å². The van der Waals surface area contributed by atoms with E-state index >= 15 is 0 Å². The average Bonchev–Trinajstić information content (AvgIpc) is 2.65. The highest BCUT2D eigenvalue weighted by atomic mass is 79.9. The number of carbonyl (C=O) groups excluding carboxylic acids is 2. The van der Waals surface area contributed by atoms with Crippen LogP contribution in [0.5, 0.6) is 11.5 Å². The lowest BCUT2D eigenvalue weighted by atomic mass is 10.1. The molecule has 0 aromatic heterocycles. The number of rotatable bonds is 6. The van der Waals surface area contributed by atoms with Gasteiger partial charge in [0.25, 0.3) is 11.8 Å². The Hall–Kier alpha value is -2.71. The molecule has 144 valence electrons. The fourth-order valence-corrected chi connectivity index (χ4v) is 3.13. The van der Waals surface area contributed by atoms with Gasteiger partial charge in [-0.2, -0.15) is 0 Å². The summed E-state index contributed by atoms with van der Waals surface area (Å²) >= 11 is 8.29. The van der Waals surface area contributed by atoms with Crippen LogP contribution < -0.4 is 20.1 Å². The molecular weight excluding hydrogens is 444 g/mol. The van der Waals surface area contributed by atoms with Crippen LogP contribution in [0.2, 0.25) is 0 Å². The molecule has 1 heterocycles. The van der Waals surface area contributed by atoms with E-state index in [1.807, 2.05) is 31.2 Å². The maximum Gasteiger partial charge on any atom is 0.263 e. The third-order valence-corrected chi connectivity index (χ3v) is 4.84. The number of benzene rings is 2. The molecular formula is C20H17BrN2O4S. The first kappa shape index (κ1) is 20.0. The first-order valence-corrected chi connectivity index (χ1v) is 9.69. The minimum absolute atomic E-state index is 0.00187. The average molecular weight is 461 g/mol. The van der Waals surface area contributed by atoms with E-state index in [1.165, 1.54) is 6.08 Å². The molecule has 2 aromatic rings. The normalized spacial score (nSPS) is 13.6. The number of thiocarbonyl (C=S) groups is 1. The molecule has 3 rings (SSSR count). The second kappa shape index (κ2) is 8.99. The van der Waals surface area contributed by atoms with Gasteiger partial charge in [-0.3, -0.25) is 20.2 Å². The molecule has 1 aliphatic rings. The summed E-state index contributed by atoms with van der Waals surface area (Å²) in [5.41, 5.74) is 1.60. The van der Waals surface area contributed by atoms with Crippen molar-refractivity contribution in [2.24, 2.45) is 0 Å². The highest BCUT2D eigenvalue weighted by molar-refractivity contribution is 9.10. The van der Waals surface area contributed by atoms with E-state index < -0.39 is 11.8 Å². The molecule has 28 heavy (non-hydrogen) atoms. The molecule has 2 aromatic carbocycles. The third-order valence-electron chi connectivity index (χ3n) is 3.86. The Labute approximate surface area is 176 Å². The largest absolute Gasteiger partial charge is 0.490 e. The number of amides is 2. The summed E-state index contributed by atoms with van der Waals surface area (Å²) in [4.78, 5) is 24.0. The Balaban J connectivity index is 1.83. The standard InChI is InChI=1S/C20H17BrN2O4S/c1-2-26-17-10-12(9-14-18(24)22-20(28)23-19(14)25)7-8-16(17)27-11-13-5-3-4-6-15(13)21/h3-10H,2,11H2,1H3,(H2,22,23,24,25,28). The molecule has 0 bridgehead atoms. The number of halogens is 1. The van der Waals surface area contributed by atoms with E-state index in [9.17, 15) is 9.59 Å². The van der Waals surface area contributed by atoms with E-state index in [2.05, 4.69) is 26.6 Å². The van der Waals surface area contributed by atoms with E-state index in [1.54, 1.807) is 18.2 Å². The number of nitrogens with one attached hydrogen (secondary N) is 2.